The van der Waals surface area contributed by atoms with Crippen LogP contribution >= 0.6 is 0 Å². The van der Waals surface area contributed by atoms with Crippen molar-refractivity contribution in [3.05, 3.63) is 23.5 Å². The highest BCUT2D eigenvalue weighted by Gasteiger charge is 2.31. The summed E-state index contributed by atoms with van der Waals surface area (Å²) in [6, 6.07) is 2.16. The van der Waals surface area contributed by atoms with Gasteiger partial charge in [-0.1, -0.05) is 0 Å². The van der Waals surface area contributed by atoms with E-state index >= 15 is 0 Å². The van der Waals surface area contributed by atoms with Gasteiger partial charge in [0, 0.05) is 24.3 Å². The zero-order valence-electron chi connectivity index (χ0n) is 14.9. The van der Waals surface area contributed by atoms with E-state index in [9.17, 15) is 9.90 Å². The Hall–Kier alpha value is -1.95. The molecule has 0 aliphatic carbocycles. The summed E-state index contributed by atoms with van der Waals surface area (Å²) >= 11 is 0. The second-order valence-electron chi connectivity index (χ2n) is 7.11. The Morgan fingerprint density at radius 1 is 1.42 bits per heavy atom. The van der Waals surface area contributed by atoms with E-state index in [1.165, 1.54) is 0 Å². The van der Waals surface area contributed by atoms with Crippen LogP contribution in [-0.4, -0.2) is 49.4 Å². The standard InChI is InChI=1S/C18H26N4O2/c1-11(2)22-17-16(10-19-22)15(8-12(3)20-17)18(24)21-7-5-6-14(21)9-13(4)23/h8,10-11,13-14,23H,5-7,9H2,1-4H3. The van der Waals surface area contributed by atoms with Crippen molar-refractivity contribution < 1.29 is 9.90 Å². The number of fused-ring (bicyclic) bond motifs is 1. The highest BCUT2D eigenvalue weighted by Crippen LogP contribution is 2.27. The first-order valence-corrected chi connectivity index (χ1v) is 8.72. The van der Waals surface area contributed by atoms with Crippen LogP contribution in [0.2, 0.25) is 0 Å². The van der Waals surface area contributed by atoms with Crippen molar-refractivity contribution in [2.75, 3.05) is 6.54 Å². The van der Waals surface area contributed by atoms with Gasteiger partial charge in [-0.2, -0.15) is 5.10 Å². The Kier molecular flexibility index (Phi) is 4.58. The summed E-state index contributed by atoms with van der Waals surface area (Å²) in [6.45, 7) is 8.54. The normalized spacial score (nSPS) is 19.4. The summed E-state index contributed by atoms with van der Waals surface area (Å²) < 4.78 is 1.86. The van der Waals surface area contributed by atoms with E-state index in [-0.39, 0.29) is 18.0 Å². The van der Waals surface area contributed by atoms with Gasteiger partial charge in [-0.25, -0.2) is 9.67 Å². The quantitative estimate of drug-likeness (QED) is 0.935. The van der Waals surface area contributed by atoms with Crippen molar-refractivity contribution in [3.63, 3.8) is 0 Å². The Morgan fingerprint density at radius 3 is 2.83 bits per heavy atom. The Morgan fingerprint density at radius 2 is 2.17 bits per heavy atom. The SMILES string of the molecule is Cc1cc(C(=O)N2CCCC2CC(C)O)c2cnn(C(C)C)c2n1. The maximum Gasteiger partial charge on any atom is 0.254 e. The molecule has 1 saturated heterocycles. The molecule has 24 heavy (non-hydrogen) atoms. The summed E-state index contributed by atoms with van der Waals surface area (Å²) in [6.07, 6.45) is 3.92. The number of carbonyl (C=O) groups excluding carboxylic acids is 1. The molecule has 6 heteroatoms. The number of pyridine rings is 1. The van der Waals surface area contributed by atoms with Gasteiger partial charge in [0.05, 0.1) is 23.3 Å². The zero-order chi connectivity index (χ0) is 17.4. The molecule has 1 aliphatic heterocycles. The Balaban J connectivity index is 2.01. The fraction of sp³-hybridized carbons (Fsp3) is 0.611. The van der Waals surface area contributed by atoms with Crippen LogP contribution in [0.1, 0.15) is 62.1 Å². The van der Waals surface area contributed by atoms with Gasteiger partial charge in [0.15, 0.2) is 5.65 Å². The Bertz CT molecular complexity index is 751. The third-order valence-corrected chi connectivity index (χ3v) is 4.67. The summed E-state index contributed by atoms with van der Waals surface area (Å²) in [7, 11) is 0. The lowest BCUT2D eigenvalue weighted by atomic mass is 10.1. The largest absolute Gasteiger partial charge is 0.393 e. The van der Waals surface area contributed by atoms with E-state index in [2.05, 4.69) is 23.9 Å². The molecule has 1 fully saturated rings. The summed E-state index contributed by atoms with van der Waals surface area (Å²) in [5.41, 5.74) is 2.25. The molecule has 0 bridgehead atoms. The zero-order valence-corrected chi connectivity index (χ0v) is 14.9. The number of hydrogen-bond acceptors (Lipinski definition) is 4. The third-order valence-electron chi connectivity index (χ3n) is 4.67. The van der Waals surface area contributed by atoms with Gasteiger partial charge in [-0.3, -0.25) is 4.79 Å². The van der Waals surface area contributed by atoms with Crippen LogP contribution < -0.4 is 0 Å². The molecule has 2 unspecified atom stereocenters. The number of aryl methyl sites for hydroxylation is 1. The van der Waals surface area contributed by atoms with Gasteiger partial charge in [0.1, 0.15) is 0 Å². The molecule has 6 nitrogen and oxygen atoms in total. The van der Waals surface area contributed by atoms with Crippen molar-refractivity contribution >= 4 is 16.9 Å². The molecule has 2 aromatic heterocycles. The summed E-state index contributed by atoms with van der Waals surface area (Å²) in [5.74, 6) is 0.0250. The van der Waals surface area contributed by atoms with Gasteiger partial charge >= 0.3 is 0 Å². The molecular weight excluding hydrogens is 304 g/mol. The van der Waals surface area contributed by atoms with Crippen LogP contribution in [0.25, 0.3) is 11.0 Å². The highest BCUT2D eigenvalue weighted by molar-refractivity contribution is 6.05. The summed E-state index contributed by atoms with van der Waals surface area (Å²) in [4.78, 5) is 19.7. The summed E-state index contributed by atoms with van der Waals surface area (Å²) in [5, 5.41) is 14.9. The molecule has 0 spiro atoms. The van der Waals surface area contributed by atoms with Crippen LogP contribution in [0.15, 0.2) is 12.3 Å². The smallest absolute Gasteiger partial charge is 0.254 e. The van der Waals surface area contributed by atoms with Crippen molar-refractivity contribution in [2.24, 2.45) is 0 Å². The molecule has 0 aromatic carbocycles. The van der Waals surface area contributed by atoms with E-state index in [0.29, 0.717) is 12.0 Å². The fourth-order valence-electron chi connectivity index (χ4n) is 3.59. The van der Waals surface area contributed by atoms with E-state index in [4.69, 9.17) is 0 Å². The number of aliphatic hydroxyl groups excluding tert-OH is 1. The molecule has 130 valence electrons. The van der Waals surface area contributed by atoms with Crippen LogP contribution in [0.4, 0.5) is 0 Å². The van der Waals surface area contributed by atoms with Gasteiger partial charge in [0.2, 0.25) is 0 Å². The second-order valence-corrected chi connectivity index (χ2v) is 7.11. The van der Waals surface area contributed by atoms with Crippen molar-refractivity contribution in [2.45, 2.75) is 65.1 Å². The molecule has 1 amide bonds. The molecule has 1 aliphatic rings. The van der Waals surface area contributed by atoms with Crippen molar-refractivity contribution in [1.29, 1.82) is 0 Å². The van der Waals surface area contributed by atoms with Crippen LogP contribution in [-0.2, 0) is 0 Å². The lowest BCUT2D eigenvalue weighted by molar-refractivity contribution is 0.0684. The van der Waals surface area contributed by atoms with Gasteiger partial charge in [0.25, 0.3) is 5.91 Å². The van der Waals surface area contributed by atoms with Gasteiger partial charge in [-0.05, 0) is 53.0 Å². The van der Waals surface area contributed by atoms with Gasteiger partial charge in [-0.15, -0.1) is 0 Å². The Labute approximate surface area is 142 Å². The minimum Gasteiger partial charge on any atom is -0.393 e. The first kappa shape index (κ1) is 16.9. The minimum atomic E-state index is -0.397. The number of nitrogens with zero attached hydrogens (tertiary/aromatic N) is 4. The molecule has 3 rings (SSSR count). The molecular formula is C18H26N4O2. The van der Waals surface area contributed by atoms with Gasteiger partial charge < -0.3 is 10.0 Å². The van der Waals surface area contributed by atoms with Crippen LogP contribution in [0, 0.1) is 6.92 Å². The monoisotopic (exact) mass is 330 g/mol. The van der Waals surface area contributed by atoms with Crippen molar-refractivity contribution in [1.82, 2.24) is 19.7 Å². The number of carbonyl (C=O) groups is 1. The lowest BCUT2D eigenvalue weighted by Gasteiger charge is -2.26. The number of rotatable bonds is 4. The molecule has 2 atom stereocenters. The minimum absolute atomic E-state index is 0.0250. The van der Waals surface area contributed by atoms with Crippen LogP contribution in [0.5, 0.6) is 0 Å². The van der Waals surface area contributed by atoms with E-state index < -0.39 is 6.10 Å². The average Bonchev–Trinajstić information content (AvgIpc) is 3.11. The number of aromatic nitrogens is 3. The number of hydrogen-bond donors (Lipinski definition) is 1. The molecule has 0 saturated carbocycles. The number of amides is 1. The van der Waals surface area contributed by atoms with E-state index in [1.807, 2.05) is 22.6 Å². The predicted octanol–water partition coefficient (Wildman–Crippen LogP) is 2.70. The third kappa shape index (κ3) is 3.02. The predicted molar refractivity (Wildman–Crippen MR) is 93.0 cm³/mol. The first-order chi connectivity index (χ1) is 11.4. The molecule has 0 radical (unpaired) electrons. The maximum atomic E-state index is 13.2. The molecule has 1 N–H and O–H groups in total. The number of aliphatic hydroxyl groups is 1. The average molecular weight is 330 g/mol. The van der Waals surface area contributed by atoms with E-state index in [1.54, 1.807) is 13.1 Å². The topological polar surface area (TPSA) is 71.2 Å². The molecule has 2 aromatic rings. The van der Waals surface area contributed by atoms with Crippen molar-refractivity contribution in [3.8, 4) is 0 Å². The van der Waals surface area contributed by atoms with Crippen LogP contribution in [0.3, 0.4) is 0 Å². The second kappa shape index (κ2) is 6.51. The number of likely N-dealkylation sites (tertiary alicyclic amines) is 1. The fourth-order valence-corrected chi connectivity index (χ4v) is 3.59. The highest BCUT2D eigenvalue weighted by atomic mass is 16.3. The first-order valence-electron chi connectivity index (χ1n) is 8.72. The lowest BCUT2D eigenvalue weighted by Crippen LogP contribution is -2.37. The molecule has 3 heterocycles. The van der Waals surface area contributed by atoms with E-state index in [0.717, 1.165) is 36.1 Å². The maximum absolute atomic E-state index is 13.2.